The number of aromatic nitrogens is 1. The summed E-state index contributed by atoms with van der Waals surface area (Å²) in [4.78, 5) is 31.0. The highest BCUT2D eigenvalue weighted by Gasteiger charge is 2.29. The molecule has 8 N–H and O–H groups in total. The third-order valence-corrected chi connectivity index (χ3v) is 7.43. The van der Waals surface area contributed by atoms with Crippen molar-refractivity contribution in [3.8, 4) is 0 Å². The Balaban J connectivity index is 1.68. The highest BCUT2D eigenvalue weighted by molar-refractivity contribution is 5.98. The number of likely N-dealkylation sites (N-methyl/N-ethyl adjacent to an activating group) is 1. The molecule has 0 fully saturated rings. The van der Waals surface area contributed by atoms with Crippen molar-refractivity contribution < 1.29 is 14.1 Å². The first-order chi connectivity index (χ1) is 18.7. The number of para-hydroxylation sites is 1. The first-order valence-electron chi connectivity index (χ1n) is 13.7. The summed E-state index contributed by atoms with van der Waals surface area (Å²) in [5.41, 5.74) is 20.5. The zero-order valence-corrected chi connectivity index (χ0v) is 23.2. The van der Waals surface area contributed by atoms with Gasteiger partial charge in [0.05, 0.1) is 50.1 Å². The third kappa shape index (κ3) is 9.11. The fourth-order valence-electron chi connectivity index (χ4n) is 4.77. The summed E-state index contributed by atoms with van der Waals surface area (Å²) in [6.45, 7) is 5.57. The van der Waals surface area contributed by atoms with Crippen LogP contribution in [0.5, 0.6) is 0 Å². The van der Waals surface area contributed by atoms with Gasteiger partial charge < -0.3 is 32.3 Å². The van der Waals surface area contributed by atoms with Gasteiger partial charge in [0.1, 0.15) is 6.04 Å². The molecule has 3 atom stereocenters. The number of nitrogens with one attached hydrogen (secondary N) is 2. The summed E-state index contributed by atoms with van der Waals surface area (Å²) in [7, 11) is 2.13. The molecule has 0 bridgehead atoms. The molecular weight excluding hydrogens is 490 g/mol. The van der Waals surface area contributed by atoms with Gasteiger partial charge in [-0.15, -0.1) is 0 Å². The first kappa shape index (κ1) is 30.2. The predicted octanol–water partition coefficient (Wildman–Crippen LogP) is 2.01. The van der Waals surface area contributed by atoms with Crippen molar-refractivity contribution in [1.29, 1.82) is 0 Å². The van der Waals surface area contributed by atoms with E-state index in [0.29, 0.717) is 31.6 Å². The number of carbonyl (C=O) groups is 2. The summed E-state index contributed by atoms with van der Waals surface area (Å²) in [6.07, 6.45) is 3.44. The van der Waals surface area contributed by atoms with Crippen molar-refractivity contribution in [3.63, 3.8) is 0 Å². The van der Waals surface area contributed by atoms with Gasteiger partial charge in [-0.05, 0) is 36.5 Å². The van der Waals surface area contributed by atoms with Gasteiger partial charge in [0.15, 0.2) is 0 Å². The van der Waals surface area contributed by atoms with Gasteiger partial charge in [-0.3, -0.25) is 14.6 Å². The van der Waals surface area contributed by atoms with Crippen LogP contribution in [-0.2, 0) is 16.0 Å². The summed E-state index contributed by atoms with van der Waals surface area (Å²) in [5, 5.41) is 6.79. The number of aryl methyl sites for hydroxylation is 1. The van der Waals surface area contributed by atoms with E-state index in [0.717, 1.165) is 47.0 Å². The Hall–Kier alpha value is -3.37. The molecule has 2 aromatic carbocycles. The minimum atomic E-state index is -0.752. The van der Waals surface area contributed by atoms with Crippen LogP contribution in [0.4, 0.5) is 5.69 Å². The van der Waals surface area contributed by atoms with Crippen molar-refractivity contribution in [2.75, 3.05) is 45.1 Å². The zero-order chi connectivity index (χ0) is 28.3. The summed E-state index contributed by atoms with van der Waals surface area (Å²) in [5.74, 6) is -0.717. The molecule has 0 spiro atoms. The Morgan fingerprint density at radius 3 is 2.28 bits per heavy atom. The molecule has 2 amide bonds. The van der Waals surface area contributed by atoms with Gasteiger partial charge in [0.2, 0.25) is 11.8 Å². The first-order valence-corrected chi connectivity index (χ1v) is 13.7. The van der Waals surface area contributed by atoms with Crippen LogP contribution in [-0.4, -0.2) is 73.1 Å². The average molecular weight is 535 g/mol. The topological polar surface area (TPSA) is 149 Å². The van der Waals surface area contributed by atoms with Gasteiger partial charge in [-0.25, -0.2) is 0 Å². The third-order valence-electron chi connectivity index (χ3n) is 7.43. The summed E-state index contributed by atoms with van der Waals surface area (Å²) >= 11 is 0. The molecule has 3 rings (SSSR count). The molecule has 1 aromatic heterocycles. The monoisotopic (exact) mass is 534 g/mol. The number of anilines is 1. The number of nitrogens with two attached hydrogens (primary N) is 3. The molecule has 0 unspecified atom stereocenters. The van der Waals surface area contributed by atoms with Crippen LogP contribution in [0.15, 0.2) is 66.9 Å². The summed E-state index contributed by atoms with van der Waals surface area (Å²) in [6, 6.07) is 18.0. The van der Waals surface area contributed by atoms with Gasteiger partial charge in [0, 0.05) is 24.9 Å². The number of pyridine rings is 1. The van der Waals surface area contributed by atoms with Crippen molar-refractivity contribution in [3.05, 3.63) is 72.4 Å². The van der Waals surface area contributed by atoms with E-state index >= 15 is 0 Å². The maximum absolute atomic E-state index is 13.4. The predicted molar refractivity (Wildman–Crippen MR) is 158 cm³/mol. The minimum absolute atomic E-state index is 0.0829. The standard InChI is InChI=1S/C30H43N7O2/c1-22(14-17-37(2,18-15-31)19-16-32)28(33)30(39)36-27(13-12-23-8-4-3-5-9-23)29(38)35-25-20-24-10-6-7-11-26(24)34-21-25/h3-11,20-22,27-28H,12-19,31-33H2,1-2H3,(H-,35,36,38,39)/p+1/t22-,27+,28-/m0/s1. The highest BCUT2D eigenvalue weighted by Crippen LogP contribution is 2.17. The van der Waals surface area contributed by atoms with E-state index in [1.165, 1.54) is 0 Å². The number of amides is 2. The second-order valence-electron chi connectivity index (χ2n) is 10.7. The number of carbonyl (C=O) groups excluding carboxylic acids is 2. The number of benzene rings is 2. The average Bonchev–Trinajstić information content (AvgIpc) is 2.94. The van der Waals surface area contributed by atoms with Crippen LogP contribution in [0.25, 0.3) is 10.9 Å². The quantitative estimate of drug-likeness (QED) is 0.188. The maximum atomic E-state index is 13.4. The molecule has 9 heteroatoms. The van der Waals surface area contributed by atoms with Gasteiger partial charge in [0.25, 0.3) is 0 Å². The molecular formula is C30H44N7O2+. The molecule has 0 aliphatic rings. The number of rotatable bonds is 15. The summed E-state index contributed by atoms with van der Waals surface area (Å²) < 4.78 is 0.744. The molecule has 0 saturated carbocycles. The van der Waals surface area contributed by atoms with Gasteiger partial charge in [-0.1, -0.05) is 55.5 Å². The van der Waals surface area contributed by atoms with Gasteiger partial charge in [-0.2, -0.15) is 0 Å². The Bertz CT molecular complexity index is 1200. The SMILES string of the molecule is C[C@@H](CC[N+](C)(CCN)CCN)[C@H](N)C(=O)N[C@H](CCc1ccccc1)C(=O)Nc1cnc2ccccc2c1. The lowest BCUT2D eigenvalue weighted by Gasteiger charge is -2.35. The Labute approximate surface area is 231 Å². The van der Waals surface area contributed by atoms with Crippen molar-refractivity contribution in [2.24, 2.45) is 23.1 Å². The van der Waals surface area contributed by atoms with Crippen LogP contribution in [0.3, 0.4) is 0 Å². The van der Waals surface area contributed by atoms with Crippen LogP contribution in [0, 0.1) is 5.92 Å². The molecule has 39 heavy (non-hydrogen) atoms. The Morgan fingerprint density at radius 1 is 0.923 bits per heavy atom. The lowest BCUT2D eigenvalue weighted by atomic mass is 9.96. The van der Waals surface area contributed by atoms with Crippen LogP contribution in [0.2, 0.25) is 0 Å². The van der Waals surface area contributed by atoms with E-state index < -0.39 is 12.1 Å². The van der Waals surface area contributed by atoms with E-state index in [1.807, 2.05) is 67.6 Å². The molecule has 0 radical (unpaired) electrons. The molecule has 1 heterocycles. The van der Waals surface area contributed by atoms with Crippen molar-refractivity contribution in [2.45, 2.75) is 38.3 Å². The largest absolute Gasteiger partial charge is 0.343 e. The van der Waals surface area contributed by atoms with E-state index in [2.05, 4.69) is 22.7 Å². The van der Waals surface area contributed by atoms with Gasteiger partial charge >= 0.3 is 0 Å². The molecule has 3 aromatic rings. The lowest BCUT2D eigenvalue weighted by Crippen LogP contribution is -2.54. The van der Waals surface area contributed by atoms with E-state index in [1.54, 1.807) is 6.20 Å². The number of nitrogens with zero attached hydrogens (tertiary/aromatic N) is 2. The molecule has 210 valence electrons. The maximum Gasteiger partial charge on any atom is 0.247 e. The fourth-order valence-corrected chi connectivity index (χ4v) is 4.77. The zero-order valence-electron chi connectivity index (χ0n) is 23.2. The van der Waals surface area contributed by atoms with Crippen molar-refractivity contribution >= 4 is 28.4 Å². The Morgan fingerprint density at radius 2 is 1.59 bits per heavy atom. The fraction of sp³-hybridized carbons (Fsp3) is 0.433. The second kappa shape index (κ2) is 14.7. The smallest absolute Gasteiger partial charge is 0.247 e. The van der Waals surface area contributed by atoms with Crippen molar-refractivity contribution in [1.82, 2.24) is 10.3 Å². The molecule has 9 nitrogen and oxygen atoms in total. The number of quaternary nitrogens is 1. The second-order valence-corrected chi connectivity index (χ2v) is 10.7. The van der Waals surface area contributed by atoms with E-state index in [-0.39, 0.29) is 17.7 Å². The normalized spacial score (nSPS) is 14.0. The molecule has 0 aliphatic heterocycles. The minimum Gasteiger partial charge on any atom is -0.343 e. The Kier molecular flexibility index (Phi) is 11.4. The number of hydrogen-bond donors (Lipinski definition) is 5. The van der Waals surface area contributed by atoms with Crippen LogP contribution < -0.4 is 27.8 Å². The van der Waals surface area contributed by atoms with Crippen LogP contribution >= 0.6 is 0 Å². The number of fused-ring (bicyclic) bond motifs is 1. The molecule has 0 saturated heterocycles. The van der Waals surface area contributed by atoms with E-state index in [4.69, 9.17) is 17.2 Å². The lowest BCUT2D eigenvalue weighted by molar-refractivity contribution is -0.907. The highest BCUT2D eigenvalue weighted by atomic mass is 16.2. The van der Waals surface area contributed by atoms with Crippen LogP contribution in [0.1, 0.15) is 25.3 Å². The number of hydrogen-bond acceptors (Lipinski definition) is 6. The van der Waals surface area contributed by atoms with E-state index in [9.17, 15) is 9.59 Å². The molecule has 0 aliphatic carbocycles.